The van der Waals surface area contributed by atoms with Crippen LogP contribution in [0.4, 0.5) is 5.95 Å². The van der Waals surface area contributed by atoms with Crippen molar-refractivity contribution in [2.75, 3.05) is 31.2 Å². The molecule has 8 nitrogen and oxygen atoms in total. The number of ether oxygens (including phenoxy) is 1. The van der Waals surface area contributed by atoms with Crippen molar-refractivity contribution in [2.24, 2.45) is 0 Å². The molecule has 0 atom stereocenters. The fourth-order valence-electron chi connectivity index (χ4n) is 3.03. The van der Waals surface area contributed by atoms with Gasteiger partial charge in [0.25, 0.3) is 0 Å². The van der Waals surface area contributed by atoms with Crippen LogP contribution in [0.2, 0.25) is 0 Å². The Morgan fingerprint density at radius 3 is 2.74 bits per heavy atom. The van der Waals surface area contributed by atoms with Crippen molar-refractivity contribution in [3.05, 3.63) is 35.7 Å². The minimum absolute atomic E-state index is 0.556. The van der Waals surface area contributed by atoms with Crippen LogP contribution >= 0.6 is 11.8 Å². The van der Waals surface area contributed by atoms with Gasteiger partial charge in [0.2, 0.25) is 17.7 Å². The van der Waals surface area contributed by atoms with Crippen molar-refractivity contribution in [1.82, 2.24) is 24.9 Å². The summed E-state index contributed by atoms with van der Waals surface area (Å²) in [5, 5.41) is 13.7. The van der Waals surface area contributed by atoms with Crippen molar-refractivity contribution in [2.45, 2.75) is 31.3 Å². The number of nitrogens with zero attached hydrogens (tertiary/aromatic N) is 6. The molecule has 0 spiro atoms. The zero-order valence-electron chi connectivity index (χ0n) is 15.5. The van der Waals surface area contributed by atoms with Crippen LogP contribution in [0.25, 0.3) is 11.4 Å². The number of anilines is 1. The second-order valence-corrected chi connectivity index (χ2v) is 7.18. The maximum atomic E-state index is 5.43. The molecular formula is C18H22N6O2S. The molecule has 4 rings (SSSR count). The Morgan fingerprint density at radius 1 is 1.15 bits per heavy atom. The summed E-state index contributed by atoms with van der Waals surface area (Å²) in [4.78, 5) is 6.74. The van der Waals surface area contributed by atoms with Crippen molar-refractivity contribution < 1.29 is 9.26 Å². The predicted molar refractivity (Wildman–Crippen MR) is 103 cm³/mol. The van der Waals surface area contributed by atoms with E-state index < -0.39 is 0 Å². The van der Waals surface area contributed by atoms with E-state index in [4.69, 9.17) is 9.26 Å². The van der Waals surface area contributed by atoms with Gasteiger partial charge < -0.3 is 14.2 Å². The molecule has 27 heavy (non-hydrogen) atoms. The lowest BCUT2D eigenvalue weighted by molar-refractivity contribution is 0.121. The number of benzene rings is 1. The molecule has 1 aromatic carbocycles. The monoisotopic (exact) mass is 386 g/mol. The third-order valence-corrected chi connectivity index (χ3v) is 5.44. The Bertz CT molecular complexity index is 903. The highest BCUT2D eigenvalue weighted by Crippen LogP contribution is 2.26. The third kappa shape index (κ3) is 3.84. The highest BCUT2D eigenvalue weighted by Gasteiger charge is 2.20. The quantitative estimate of drug-likeness (QED) is 0.598. The molecule has 1 fully saturated rings. The number of thioether (sulfide) groups is 1. The molecule has 0 aliphatic carbocycles. The Balaban J connectivity index is 1.46. The van der Waals surface area contributed by atoms with Gasteiger partial charge in [-0.1, -0.05) is 41.2 Å². The fraction of sp³-hybridized carbons (Fsp3) is 0.444. The van der Waals surface area contributed by atoms with Crippen LogP contribution in [0.1, 0.15) is 18.4 Å². The molecule has 3 heterocycles. The van der Waals surface area contributed by atoms with E-state index >= 15 is 0 Å². The van der Waals surface area contributed by atoms with Crippen LogP contribution < -0.4 is 4.90 Å². The minimum Gasteiger partial charge on any atom is -0.378 e. The van der Waals surface area contributed by atoms with Gasteiger partial charge in [-0.3, -0.25) is 4.57 Å². The predicted octanol–water partition coefficient (Wildman–Crippen LogP) is 2.79. The Hall–Kier alpha value is -2.39. The standard InChI is InChI=1S/C18H22N6O2S/c1-3-24-17(23-8-10-25-11-9-23)20-21-18(24)27-12-15-19-16(22-26-15)14-7-5-4-6-13(14)2/h4-7H,3,8-12H2,1-2H3. The van der Waals surface area contributed by atoms with E-state index in [-0.39, 0.29) is 0 Å². The molecule has 2 aromatic heterocycles. The average molecular weight is 386 g/mol. The molecule has 1 aliphatic rings. The molecule has 1 aliphatic heterocycles. The normalized spacial score (nSPS) is 14.7. The van der Waals surface area contributed by atoms with Gasteiger partial charge in [0.05, 0.1) is 19.0 Å². The second kappa shape index (κ2) is 8.10. The van der Waals surface area contributed by atoms with Crippen molar-refractivity contribution in [3.63, 3.8) is 0 Å². The van der Waals surface area contributed by atoms with Crippen molar-refractivity contribution in [3.8, 4) is 11.4 Å². The summed E-state index contributed by atoms with van der Waals surface area (Å²) in [5.41, 5.74) is 2.11. The smallest absolute Gasteiger partial charge is 0.237 e. The summed E-state index contributed by atoms with van der Waals surface area (Å²) >= 11 is 1.56. The first-order chi connectivity index (χ1) is 13.3. The molecule has 0 saturated carbocycles. The SMILES string of the molecule is CCn1c(SCc2nc(-c3ccccc3C)no2)nnc1N1CCOCC1. The van der Waals surface area contributed by atoms with Crippen LogP contribution in [0, 0.1) is 6.92 Å². The Kier molecular flexibility index (Phi) is 5.40. The first kappa shape index (κ1) is 18.0. The number of hydrogen-bond acceptors (Lipinski definition) is 8. The Labute approximate surface area is 161 Å². The lowest BCUT2D eigenvalue weighted by Gasteiger charge is -2.27. The van der Waals surface area contributed by atoms with E-state index in [0.717, 1.165) is 55.1 Å². The summed E-state index contributed by atoms with van der Waals surface area (Å²) < 4.78 is 13.0. The van der Waals surface area contributed by atoms with E-state index in [1.165, 1.54) is 0 Å². The summed E-state index contributed by atoms with van der Waals surface area (Å²) in [6.07, 6.45) is 0. The molecule has 0 amide bonds. The summed E-state index contributed by atoms with van der Waals surface area (Å²) in [6, 6.07) is 8.01. The highest BCUT2D eigenvalue weighted by molar-refractivity contribution is 7.98. The number of hydrogen-bond donors (Lipinski definition) is 0. The van der Waals surface area contributed by atoms with Gasteiger partial charge in [0, 0.05) is 25.2 Å². The minimum atomic E-state index is 0.556. The zero-order chi connectivity index (χ0) is 18.6. The lowest BCUT2D eigenvalue weighted by atomic mass is 10.1. The summed E-state index contributed by atoms with van der Waals surface area (Å²) in [5.74, 6) is 2.65. The zero-order valence-corrected chi connectivity index (χ0v) is 16.3. The molecule has 0 radical (unpaired) electrons. The van der Waals surface area contributed by atoms with E-state index in [9.17, 15) is 0 Å². The first-order valence-electron chi connectivity index (χ1n) is 9.03. The molecule has 0 unspecified atom stereocenters. The van der Waals surface area contributed by atoms with Crippen molar-refractivity contribution in [1.29, 1.82) is 0 Å². The van der Waals surface area contributed by atoms with Crippen LogP contribution in [-0.4, -0.2) is 51.2 Å². The molecule has 1 saturated heterocycles. The van der Waals surface area contributed by atoms with Crippen LogP contribution in [-0.2, 0) is 17.0 Å². The first-order valence-corrected chi connectivity index (χ1v) is 10.0. The van der Waals surface area contributed by atoms with E-state index in [1.807, 2.05) is 31.2 Å². The fourth-order valence-corrected chi connectivity index (χ4v) is 3.87. The largest absolute Gasteiger partial charge is 0.378 e. The van der Waals surface area contributed by atoms with Gasteiger partial charge in [-0.2, -0.15) is 4.98 Å². The van der Waals surface area contributed by atoms with Gasteiger partial charge in [0.15, 0.2) is 5.16 Å². The third-order valence-electron chi connectivity index (χ3n) is 4.49. The average Bonchev–Trinajstić information content (AvgIpc) is 3.34. The molecule has 9 heteroatoms. The van der Waals surface area contributed by atoms with Crippen molar-refractivity contribution >= 4 is 17.7 Å². The molecule has 0 bridgehead atoms. The number of aromatic nitrogens is 5. The molecule has 3 aromatic rings. The van der Waals surface area contributed by atoms with E-state index in [0.29, 0.717) is 17.5 Å². The van der Waals surface area contributed by atoms with E-state index in [1.54, 1.807) is 11.8 Å². The maximum Gasteiger partial charge on any atom is 0.237 e. The lowest BCUT2D eigenvalue weighted by Crippen LogP contribution is -2.38. The number of aryl methyl sites for hydroxylation is 1. The van der Waals surface area contributed by atoms with E-state index in [2.05, 4.69) is 36.7 Å². The molecular weight excluding hydrogens is 364 g/mol. The number of rotatable bonds is 6. The van der Waals surface area contributed by atoms with Gasteiger partial charge in [-0.25, -0.2) is 0 Å². The second-order valence-electron chi connectivity index (χ2n) is 6.24. The highest BCUT2D eigenvalue weighted by atomic mass is 32.2. The maximum absolute atomic E-state index is 5.43. The van der Waals surface area contributed by atoms with Gasteiger partial charge in [0.1, 0.15) is 0 Å². The van der Waals surface area contributed by atoms with Gasteiger partial charge in [-0.05, 0) is 19.4 Å². The molecule has 0 N–H and O–H groups in total. The van der Waals surface area contributed by atoms with Crippen LogP contribution in [0.3, 0.4) is 0 Å². The van der Waals surface area contributed by atoms with Crippen LogP contribution in [0.5, 0.6) is 0 Å². The Morgan fingerprint density at radius 2 is 1.96 bits per heavy atom. The van der Waals surface area contributed by atoms with Crippen LogP contribution in [0.15, 0.2) is 33.9 Å². The topological polar surface area (TPSA) is 82.1 Å². The summed E-state index contributed by atoms with van der Waals surface area (Å²) in [6.45, 7) is 8.07. The van der Waals surface area contributed by atoms with Gasteiger partial charge >= 0.3 is 0 Å². The molecule has 142 valence electrons. The number of morpholine rings is 1. The van der Waals surface area contributed by atoms with Gasteiger partial charge in [-0.15, -0.1) is 10.2 Å². The summed E-state index contributed by atoms with van der Waals surface area (Å²) in [7, 11) is 0.